The van der Waals surface area contributed by atoms with E-state index < -0.39 is 59.2 Å². The summed E-state index contributed by atoms with van der Waals surface area (Å²) in [6, 6.07) is 33.3. The molecule has 4 atom stereocenters. The molecule has 22 nitrogen and oxygen atoms in total. The molecule has 2 aliphatic heterocycles. The van der Waals surface area contributed by atoms with Gasteiger partial charge >= 0.3 is 24.1 Å². The van der Waals surface area contributed by atoms with E-state index in [1.165, 1.54) is 7.11 Å². The van der Waals surface area contributed by atoms with Gasteiger partial charge in [0.2, 0.25) is 0 Å². The summed E-state index contributed by atoms with van der Waals surface area (Å²) in [7, 11) is 1.19. The summed E-state index contributed by atoms with van der Waals surface area (Å²) in [5.41, 5.74) is 10.3. The van der Waals surface area contributed by atoms with E-state index in [2.05, 4.69) is 31.6 Å². The number of hydrogen-bond donors (Lipinski definition) is 8. The Labute approximate surface area is 631 Å². The molecule has 554 valence electrons. The highest BCUT2D eigenvalue weighted by atomic mass is 35.5. The van der Waals surface area contributed by atoms with Gasteiger partial charge < -0.3 is 55.8 Å². The number of esters is 1. The summed E-state index contributed by atoms with van der Waals surface area (Å²) in [5, 5.41) is 31.7. The number of carbonyl (C=O) groups excluding carboxylic acids is 7. The van der Waals surface area contributed by atoms with Crippen molar-refractivity contribution in [2.75, 3.05) is 33.4 Å². The predicted octanol–water partition coefficient (Wildman–Crippen LogP) is 14.7. The lowest BCUT2D eigenvalue weighted by Gasteiger charge is -2.27. The number of halogens is 4. The first-order chi connectivity index (χ1) is 45.9. The third kappa shape index (κ3) is 27.5. The van der Waals surface area contributed by atoms with Crippen molar-refractivity contribution in [2.45, 2.75) is 151 Å². The van der Waals surface area contributed by atoms with Gasteiger partial charge in [-0.25, -0.2) is 19.2 Å². The SMILES string of the molecule is C.C.C.COC(=O)[C@H](CCC(=O)CNC1CCOc2ccc(CC(=NC(=O)OC(C)(C)C)NC(=O)OC(C)(C)C)cc21)NC(=O)c1c(Cl)cc(-c2ccccc2)cc1Cl.N=C(N)Cc1ccc2c(c1)C(NCC(=O)CC[C@H](NC(=O)c1c(Cl)cc(-c3ccccc3)cc1Cl)C(=O)O)CCO2.S.S. The maximum atomic E-state index is 13.3. The molecule has 4 amide bonds. The molecule has 0 spiro atoms. The molecule has 0 bridgehead atoms. The lowest BCUT2D eigenvalue weighted by Crippen LogP contribution is -2.42. The first kappa shape index (κ1) is 89.9. The zero-order valence-corrected chi connectivity index (χ0v) is 60.7. The maximum Gasteiger partial charge on any atom is 0.435 e. The molecule has 0 aromatic heterocycles. The second kappa shape index (κ2) is 41.8. The van der Waals surface area contributed by atoms with E-state index in [-0.39, 0.29) is 161 Å². The van der Waals surface area contributed by atoms with Crippen LogP contribution in [0.4, 0.5) is 9.59 Å². The van der Waals surface area contributed by atoms with Crippen molar-refractivity contribution in [3.05, 3.63) is 175 Å². The van der Waals surface area contributed by atoms with Gasteiger partial charge in [0.05, 0.1) is 70.5 Å². The van der Waals surface area contributed by atoms with Crippen molar-refractivity contribution in [3.63, 3.8) is 0 Å². The number of benzene rings is 6. The molecular formula is C74H94Cl4N8O14S2. The highest BCUT2D eigenvalue weighted by molar-refractivity contribution is 7.59. The van der Waals surface area contributed by atoms with Crippen molar-refractivity contribution in [1.29, 1.82) is 5.41 Å². The van der Waals surface area contributed by atoms with E-state index in [1.807, 2.05) is 84.9 Å². The smallest absolute Gasteiger partial charge is 0.435 e. The topological polar surface area (TPSA) is 325 Å². The number of aliphatic imine (C=N–C) groups is 1. The Morgan fingerprint density at radius 3 is 1.38 bits per heavy atom. The third-order valence-corrected chi connectivity index (χ3v) is 16.1. The lowest BCUT2D eigenvalue weighted by molar-refractivity contribution is -0.143. The minimum Gasteiger partial charge on any atom is -0.493 e. The summed E-state index contributed by atoms with van der Waals surface area (Å²) in [5.74, 6) is -2.46. The second-order valence-corrected chi connectivity index (χ2v) is 26.5. The summed E-state index contributed by atoms with van der Waals surface area (Å²) in [6.07, 6.45) is -0.369. The monoisotopic (exact) mass is 1520 g/mol. The third-order valence-electron chi connectivity index (χ3n) is 14.9. The van der Waals surface area contributed by atoms with Gasteiger partial charge in [0.15, 0.2) is 0 Å². The number of fused-ring (bicyclic) bond motifs is 2. The average Bonchev–Trinajstić information content (AvgIpc) is 0.829. The summed E-state index contributed by atoms with van der Waals surface area (Å²) in [4.78, 5) is 106. The molecule has 0 saturated heterocycles. The minimum atomic E-state index is -1.31. The molecule has 28 heteroatoms. The van der Waals surface area contributed by atoms with Crippen LogP contribution in [0.15, 0.2) is 126 Å². The number of carboxylic acids is 1. The van der Waals surface area contributed by atoms with Gasteiger partial charge in [0.1, 0.15) is 52.2 Å². The Balaban J connectivity index is 0.000000688. The Hall–Kier alpha value is -8.20. The highest BCUT2D eigenvalue weighted by Crippen LogP contribution is 2.37. The van der Waals surface area contributed by atoms with E-state index >= 15 is 0 Å². The first-order valence-electron chi connectivity index (χ1n) is 31.1. The lowest BCUT2D eigenvalue weighted by atomic mass is 9.96. The van der Waals surface area contributed by atoms with Crippen LogP contribution in [0.3, 0.4) is 0 Å². The van der Waals surface area contributed by atoms with Crippen LogP contribution in [-0.4, -0.2) is 121 Å². The van der Waals surface area contributed by atoms with Crippen LogP contribution >= 0.6 is 73.4 Å². The van der Waals surface area contributed by atoms with E-state index in [0.29, 0.717) is 55.1 Å². The van der Waals surface area contributed by atoms with Gasteiger partial charge in [-0.05, 0) is 124 Å². The number of aliphatic carboxylic acids is 1. The average molecular weight is 1530 g/mol. The molecular weight excluding hydrogens is 1430 g/mol. The maximum absolute atomic E-state index is 13.3. The molecule has 2 aliphatic rings. The number of Topliss-reactive ketones (excluding diaryl/α,β-unsaturated/α-hetero) is 2. The van der Waals surface area contributed by atoms with E-state index in [1.54, 1.807) is 77.9 Å². The van der Waals surface area contributed by atoms with Crippen LogP contribution < -0.4 is 41.8 Å². The fourth-order valence-electron chi connectivity index (χ4n) is 10.4. The molecule has 0 saturated carbocycles. The number of methoxy groups -OCH3 is 1. The van der Waals surface area contributed by atoms with Crippen LogP contribution in [-0.2, 0) is 46.2 Å². The first-order valence-corrected chi connectivity index (χ1v) is 32.6. The zero-order chi connectivity index (χ0) is 70.7. The number of carboxylic acid groups (broad SMARTS) is 1. The van der Waals surface area contributed by atoms with Crippen molar-refractivity contribution < 1.29 is 67.1 Å². The zero-order valence-electron chi connectivity index (χ0n) is 55.6. The normalized spacial score (nSPS) is 14.0. The van der Waals surface area contributed by atoms with Crippen LogP contribution in [0.25, 0.3) is 22.3 Å². The van der Waals surface area contributed by atoms with Crippen LogP contribution in [0.5, 0.6) is 11.5 Å². The van der Waals surface area contributed by atoms with Gasteiger partial charge in [-0.1, -0.05) is 154 Å². The van der Waals surface area contributed by atoms with Crippen molar-refractivity contribution in [2.24, 2.45) is 10.7 Å². The van der Waals surface area contributed by atoms with Crippen LogP contribution in [0, 0.1) is 5.41 Å². The van der Waals surface area contributed by atoms with Gasteiger partial charge in [-0.2, -0.15) is 32.0 Å². The van der Waals surface area contributed by atoms with Crippen molar-refractivity contribution in [1.82, 2.24) is 26.6 Å². The number of hydrogen-bond acceptors (Lipinski definition) is 16. The molecule has 102 heavy (non-hydrogen) atoms. The highest BCUT2D eigenvalue weighted by Gasteiger charge is 2.30. The van der Waals surface area contributed by atoms with Crippen molar-refractivity contribution in [3.8, 4) is 33.8 Å². The molecule has 0 aliphatic carbocycles. The standard InChI is InChI=1S/C41H48Cl2N4O9.C30H30Cl2N4O5.3CH4.2H2S/c1-40(2,3)55-38(51)46-34(47-39(52)56-41(4,5)6)20-24-13-16-33-28(19-24)31(17-18-54-33)44-23-27(48)14-15-32(37(50)53-7)45-36(49)35-29(42)21-26(22-30(35)43)25-11-9-8-10-12-25;31-22-14-19(18-4-2-1-3-5-18)15-23(32)28(22)29(38)36-25(30(39)40)8-7-20(37)16-35-24-10-11-41-26-9-6-17(12-21(24)26)13-27(33)34;;;;;/h8-13,16,19,21-22,31-32,44H,14-15,17-18,20,23H2,1-7H3,(H,45,49)(H,46,47,51,52);1-6,9,12,14-15,24-25,35H,7-8,10-11,13,16H2,(H3,33,34)(H,36,38)(H,39,40);3*1H4;2*1H2/t31?,32-;24?,25-;;;;;/m00...../s1. The summed E-state index contributed by atoms with van der Waals surface area (Å²) < 4.78 is 27.2. The van der Waals surface area contributed by atoms with Crippen molar-refractivity contribution >= 4 is 133 Å². The van der Waals surface area contributed by atoms with E-state index in [9.17, 15) is 43.5 Å². The Kier molecular flexibility index (Phi) is 36.8. The Morgan fingerprint density at radius 2 is 0.990 bits per heavy atom. The number of alkyl carbamates (subject to hydrolysis) is 1. The number of ether oxygens (including phenoxy) is 5. The molecule has 6 aromatic carbocycles. The van der Waals surface area contributed by atoms with Gasteiger partial charge in [-0.15, -0.1) is 0 Å². The summed E-state index contributed by atoms with van der Waals surface area (Å²) >= 11 is 25.7. The number of rotatable bonds is 24. The predicted molar refractivity (Wildman–Crippen MR) is 412 cm³/mol. The molecule has 6 aromatic rings. The van der Waals surface area contributed by atoms with Gasteiger partial charge in [-0.3, -0.25) is 29.9 Å². The minimum absolute atomic E-state index is 0. The molecule has 8 rings (SSSR count). The Morgan fingerprint density at radius 1 is 0.588 bits per heavy atom. The summed E-state index contributed by atoms with van der Waals surface area (Å²) in [6.45, 7) is 11.1. The Bertz CT molecular complexity index is 3890. The number of ketones is 2. The number of amidine groups is 2. The fraction of sp³-hybridized carbons (Fsp3) is 0.378. The van der Waals surface area contributed by atoms with E-state index in [0.717, 1.165) is 33.4 Å². The van der Waals surface area contributed by atoms with Gasteiger partial charge in [0, 0.05) is 61.7 Å². The van der Waals surface area contributed by atoms with Crippen LogP contribution in [0.2, 0.25) is 20.1 Å². The number of carbonyl (C=O) groups is 8. The number of amides is 4. The number of nitrogens with two attached hydrogens (primary N) is 1. The fourth-order valence-corrected chi connectivity index (χ4v) is 11.7. The molecule has 0 radical (unpaired) electrons. The second-order valence-electron chi connectivity index (χ2n) is 24.9. The molecule has 9 N–H and O–H groups in total. The quantitative estimate of drug-likeness (QED) is 0.0121. The number of nitrogens with zero attached hydrogens (tertiary/aromatic N) is 1. The molecule has 2 heterocycles. The van der Waals surface area contributed by atoms with E-state index in [4.69, 9.17) is 81.2 Å². The molecule has 2 unspecified atom stereocenters. The number of nitrogens with one attached hydrogen (secondary N) is 6. The van der Waals surface area contributed by atoms with Crippen LogP contribution in [0.1, 0.15) is 157 Å². The van der Waals surface area contributed by atoms with Gasteiger partial charge in [0.25, 0.3) is 11.8 Å². The largest absolute Gasteiger partial charge is 0.493 e. The molecule has 0 fully saturated rings.